The fourth-order valence-electron chi connectivity index (χ4n) is 4.70. The van der Waals surface area contributed by atoms with E-state index in [-0.39, 0.29) is 11.5 Å². The van der Waals surface area contributed by atoms with Crippen LogP contribution >= 0.6 is 11.3 Å². The number of nitrogens with one attached hydrogen (secondary N) is 2. The molecule has 164 valence electrons. The number of amides is 1. The summed E-state index contributed by atoms with van der Waals surface area (Å²) in [4.78, 5) is 42.5. The number of carbonyl (C=O) groups is 1. The lowest BCUT2D eigenvalue weighted by Crippen LogP contribution is -2.37. The molecule has 0 radical (unpaired) electrons. The molecular formula is C25H21N5O2S. The van der Waals surface area contributed by atoms with Crippen LogP contribution in [-0.4, -0.2) is 43.8 Å². The monoisotopic (exact) mass is 455 g/mol. The number of pyridine rings is 1. The minimum absolute atomic E-state index is 0.0185. The fourth-order valence-corrected chi connectivity index (χ4v) is 5.42. The van der Waals surface area contributed by atoms with Crippen LogP contribution in [0.15, 0.2) is 65.0 Å². The highest BCUT2D eigenvalue weighted by atomic mass is 32.1. The first-order chi connectivity index (χ1) is 16.2. The van der Waals surface area contributed by atoms with Crippen LogP contribution in [-0.2, 0) is 0 Å². The molecule has 0 atom stereocenters. The largest absolute Gasteiger partial charge is 0.361 e. The van der Waals surface area contributed by atoms with Crippen LogP contribution in [0.25, 0.3) is 32.6 Å². The predicted octanol–water partition coefficient (Wildman–Crippen LogP) is 4.55. The maximum Gasteiger partial charge on any atom is 0.269 e. The quantitative estimate of drug-likeness (QED) is 0.417. The Morgan fingerprint density at radius 3 is 2.85 bits per heavy atom. The van der Waals surface area contributed by atoms with E-state index < -0.39 is 0 Å². The molecule has 4 aromatic heterocycles. The van der Waals surface area contributed by atoms with Gasteiger partial charge in [0.2, 0.25) is 0 Å². The minimum Gasteiger partial charge on any atom is -0.361 e. The molecule has 1 aromatic carbocycles. The molecule has 1 aliphatic heterocycles. The van der Waals surface area contributed by atoms with E-state index in [1.54, 1.807) is 18.3 Å². The molecule has 5 heterocycles. The number of para-hydroxylation sites is 1. The first-order valence-electron chi connectivity index (χ1n) is 11.0. The summed E-state index contributed by atoms with van der Waals surface area (Å²) in [6, 6.07) is 13.6. The number of nitrogens with zero attached hydrogens (tertiary/aromatic N) is 3. The Labute approximate surface area is 193 Å². The van der Waals surface area contributed by atoms with Gasteiger partial charge in [0, 0.05) is 41.9 Å². The zero-order chi connectivity index (χ0) is 22.4. The third-order valence-electron chi connectivity index (χ3n) is 6.41. The highest BCUT2D eigenvalue weighted by Gasteiger charge is 2.26. The van der Waals surface area contributed by atoms with Gasteiger partial charge in [0.1, 0.15) is 10.4 Å². The van der Waals surface area contributed by atoms with Gasteiger partial charge >= 0.3 is 0 Å². The molecule has 2 N–H and O–H groups in total. The van der Waals surface area contributed by atoms with E-state index in [4.69, 9.17) is 0 Å². The normalized spacial score (nSPS) is 14.8. The molecule has 0 saturated carbocycles. The number of likely N-dealkylation sites (tertiary alicyclic amines) is 1. The van der Waals surface area contributed by atoms with Crippen molar-refractivity contribution in [1.29, 1.82) is 0 Å². The summed E-state index contributed by atoms with van der Waals surface area (Å²) in [5.41, 5.74) is 3.98. The van der Waals surface area contributed by atoms with E-state index in [1.807, 2.05) is 22.4 Å². The van der Waals surface area contributed by atoms with Crippen LogP contribution in [0.1, 0.15) is 34.7 Å². The number of aromatic amines is 2. The molecule has 1 aliphatic rings. The Balaban J connectivity index is 1.21. The lowest BCUT2D eigenvalue weighted by Gasteiger charge is -2.32. The molecular weight excluding hydrogens is 434 g/mol. The third-order valence-corrected chi connectivity index (χ3v) is 7.31. The average molecular weight is 456 g/mol. The van der Waals surface area contributed by atoms with Gasteiger partial charge in [0.15, 0.2) is 5.82 Å². The Morgan fingerprint density at radius 2 is 1.97 bits per heavy atom. The number of H-pyrrole nitrogens is 2. The van der Waals surface area contributed by atoms with Crippen molar-refractivity contribution in [3.63, 3.8) is 0 Å². The average Bonchev–Trinajstić information content (AvgIpc) is 3.51. The molecule has 1 amide bonds. The number of carbonyl (C=O) groups excluding carboxylic acids is 1. The Morgan fingerprint density at radius 1 is 1.12 bits per heavy atom. The number of hydrogen-bond acceptors (Lipinski definition) is 5. The van der Waals surface area contributed by atoms with Crippen molar-refractivity contribution < 1.29 is 4.79 Å². The van der Waals surface area contributed by atoms with Crippen molar-refractivity contribution in [2.45, 2.75) is 18.8 Å². The van der Waals surface area contributed by atoms with Crippen molar-refractivity contribution >= 4 is 38.4 Å². The fraction of sp³-hybridized carbons (Fsp3) is 0.200. The number of benzene rings is 1. The zero-order valence-corrected chi connectivity index (χ0v) is 18.6. The zero-order valence-electron chi connectivity index (χ0n) is 17.7. The van der Waals surface area contributed by atoms with E-state index in [0.29, 0.717) is 46.3 Å². The lowest BCUT2D eigenvalue weighted by molar-refractivity contribution is 0.0713. The van der Waals surface area contributed by atoms with Gasteiger partial charge in [-0.05, 0) is 54.0 Å². The third kappa shape index (κ3) is 3.52. The number of rotatable bonds is 3. The predicted molar refractivity (Wildman–Crippen MR) is 130 cm³/mol. The van der Waals surface area contributed by atoms with E-state index in [2.05, 4.69) is 44.3 Å². The standard InChI is InChI=1S/C25H21N5O2S/c31-24-22-20(8-12-33-22)28-23(29-24)21-13-16(5-9-26-21)25(32)30-10-6-15(7-11-30)18-14-27-19-4-2-1-3-17(18)19/h1-5,8-9,12-15,27H,6-7,10-11H2,(H,28,29,31). The van der Waals surface area contributed by atoms with Gasteiger partial charge in [-0.15, -0.1) is 11.3 Å². The SMILES string of the molecule is O=C(c1ccnc(-c2nc3ccsc3c(=O)[nH]2)c1)N1CCC(c2c[nH]c3ccccc23)CC1. The van der Waals surface area contributed by atoms with E-state index >= 15 is 0 Å². The molecule has 8 heteroatoms. The Kier molecular flexibility index (Phi) is 4.80. The van der Waals surface area contributed by atoms with Gasteiger partial charge in [-0.1, -0.05) is 18.2 Å². The minimum atomic E-state index is -0.192. The van der Waals surface area contributed by atoms with Gasteiger partial charge in [-0.25, -0.2) is 4.98 Å². The summed E-state index contributed by atoms with van der Waals surface area (Å²) in [7, 11) is 0. The number of piperidine rings is 1. The van der Waals surface area contributed by atoms with Gasteiger partial charge in [-0.3, -0.25) is 14.6 Å². The van der Waals surface area contributed by atoms with Gasteiger partial charge in [0.25, 0.3) is 11.5 Å². The second kappa shape index (κ2) is 7.97. The molecule has 5 aromatic rings. The molecule has 0 bridgehead atoms. The molecule has 1 saturated heterocycles. The number of aromatic nitrogens is 4. The summed E-state index contributed by atoms with van der Waals surface area (Å²) in [6.45, 7) is 1.41. The molecule has 0 aliphatic carbocycles. The summed E-state index contributed by atoms with van der Waals surface area (Å²) in [5, 5.41) is 3.11. The molecule has 6 rings (SSSR count). The van der Waals surface area contributed by atoms with E-state index in [9.17, 15) is 9.59 Å². The van der Waals surface area contributed by atoms with Crippen LogP contribution in [0.3, 0.4) is 0 Å². The number of fused-ring (bicyclic) bond motifs is 2. The highest BCUT2D eigenvalue weighted by Crippen LogP contribution is 2.33. The molecule has 0 unspecified atom stereocenters. The molecule has 0 spiro atoms. The molecule has 1 fully saturated rings. The Bertz CT molecular complexity index is 1540. The summed E-state index contributed by atoms with van der Waals surface area (Å²) in [6.07, 6.45) is 5.56. The number of hydrogen-bond donors (Lipinski definition) is 2. The lowest BCUT2D eigenvalue weighted by atomic mass is 9.89. The van der Waals surface area contributed by atoms with Gasteiger partial charge in [-0.2, -0.15) is 0 Å². The van der Waals surface area contributed by atoms with Crippen LogP contribution in [0, 0.1) is 0 Å². The maximum atomic E-state index is 13.2. The van der Waals surface area contributed by atoms with Crippen molar-refractivity contribution in [1.82, 2.24) is 24.8 Å². The van der Waals surface area contributed by atoms with Crippen LogP contribution in [0.4, 0.5) is 0 Å². The highest BCUT2D eigenvalue weighted by molar-refractivity contribution is 7.17. The van der Waals surface area contributed by atoms with Crippen molar-refractivity contribution in [2.75, 3.05) is 13.1 Å². The van der Waals surface area contributed by atoms with E-state index in [0.717, 1.165) is 18.4 Å². The van der Waals surface area contributed by atoms with Gasteiger partial charge < -0.3 is 14.9 Å². The smallest absolute Gasteiger partial charge is 0.269 e. The molecule has 33 heavy (non-hydrogen) atoms. The first kappa shape index (κ1) is 19.9. The van der Waals surface area contributed by atoms with E-state index in [1.165, 1.54) is 22.3 Å². The summed E-state index contributed by atoms with van der Waals surface area (Å²) >= 11 is 1.35. The Hall–Kier alpha value is -3.78. The van der Waals surface area contributed by atoms with Crippen LogP contribution < -0.4 is 5.56 Å². The second-order valence-electron chi connectivity index (χ2n) is 8.34. The van der Waals surface area contributed by atoms with Gasteiger partial charge in [0.05, 0.1) is 5.52 Å². The first-order valence-corrected chi connectivity index (χ1v) is 11.8. The van der Waals surface area contributed by atoms with Crippen molar-refractivity contribution in [3.05, 3.63) is 81.7 Å². The second-order valence-corrected chi connectivity index (χ2v) is 9.25. The number of thiophene rings is 1. The summed E-state index contributed by atoms with van der Waals surface area (Å²) < 4.78 is 0.587. The summed E-state index contributed by atoms with van der Waals surface area (Å²) in [5.74, 6) is 0.790. The van der Waals surface area contributed by atoms with Crippen LogP contribution in [0.2, 0.25) is 0 Å². The van der Waals surface area contributed by atoms with Crippen molar-refractivity contribution in [3.8, 4) is 11.5 Å². The maximum absolute atomic E-state index is 13.2. The van der Waals surface area contributed by atoms with Crippen LogP contribution in [0.5, 0.6) is 0 Å². The van der Waals surface area contributed by atoms with Crippen molar-refractivity contribution in [2.24, 2.45) is 0 Å². The topological polar surface area (TPSA) is 94.7 Å². The molecule has 7 nitrogen and oxygen atoms in total.